The van der Waals surface area contributed by atoms with Crippen molar-refractivity contribution in [3.63, 3.8) is 0 Å². The lowest BCUT2D eigenvalue weighted by atomic mass is 9.82. The highest BCUT2D eigenvalue weighted by atomic mass is 16.2. The summed E-state index contributed by atoms with van der Waals surface area (Å²) in [6.45, 7) is 6.02. The van der Waals surface area contributed by atoms with Crippen LogP contribution >= 0.6 is 0 Å². The highest BCUT2D eigenvalue weighted by Crippen LogP contribution is 2.54. The maximum absolute atomic E-state index is 13.9. The molecule has 154 valence electrons. The summed E-state index contributed by atoms with van der Waals surface area (Å²) < 4.78 is 0. The van der Waals surface area contributed by atoms with Crippen molar-refractivity contribution in [3.8, 4) is 0 Å². The van der Waals surface area contributed by atoms with Crippen molar-refractivity contribution >= 4 is 22.4 Å². The van der Waals surface area contributed by atoms with Crippen molar-refractivity contribution < 1.29 is 4.79 Å². The van der Waals surface area contributed by atoms with Crippen LogP contribution in [0.4, 0.5) is 5.69 Å². The molecule has 0 unspecified atom stereocenters. The Balaban J connectivity index is 1.82. The molecule has 4 aromatic rings. The molecule has 1 heterocycles. The molecular formula is C29H27NO. The topological polar surface area (TPSA) is 20.3 Å². The Morgan fingerprint density at radius 3 is 2.10 bits per heavy atom. The monoisotopic (exact) mass is 405 g/mol. The Morgan fingerprint density at radius 2 is 1.32 bits per heavy atom. The molecule has 1 aliphatic heterocycles. The fraction of sp³-hybridized carbons (Fsp3) is 0.207. The van der Waals surface area contributed by atoms with Gasteiger partial charge in [0.05, 0.1) is 6.04 Å². The standard InChI is InChI=1S/C29H27NO/c1-29(2,3)28(31)30-25-19-10-9-17-24(25)26(21-13-5-4-6-14-21)27(30)23-18-11-15-20-12-7-8-16-22(20)23/h4-19,26-27H,1-3H3/t26-,27+/m1/s1. The van der Waals surface area contributed by atoms with Gasteiger partial charge in [-0.25, -0.2) is 0 Å². The van der Waals surface area contributed by atoms with Crippen LogP contribution in [0.15, 0.2) is 97.1 Å². The largest absolute Gasteiger partial charge is 0.303 e. The van der Waals surface area contributed by atoms with E-state index in [1.807, 2.05) is 26.8 Å². The summed E-state index contributed by atoms with van der Waals surface area (Å²) in [5, 5.41) is 2.40. The van der Waals surface area contributed by atoms with Crippen LogP contribution in [0, 0.1) is 5.41 Å². The number of carbonyl (C=O) groups is 1. The Hall–Kier alpha value is -3.39. The number of para-hydroxylation sites is 1. The van der Waals surface area contributed by atoms with Gasteiger partial charge in [0, 0.05) is 17.0 Å². The molecule has 4 aromatic carbocycles. The van der Waals surface area contributed by atoms with Crippen LogP contribution in [0.3, 0.4) is 0 Å². The van der Waals surface area contributed by atoms with E-state index >= 15 is 0 Å². The summed E-state index contributed by atoms with van der Waals surface area (Å²) in [6, 6.07) is 33.8. The molecule has 1 aliphatic rings. The minimum absolute atomic E-state index is 0.0782. The molecular weight excluding hydrogens is 378 g/mol. The second-order valence-electron chi connectivity index (χ2n) is 9.39. The highest BCUT2D eigenvalue weighted by Gasteiger charge is 2.46. The van der Waals surface area contributed by atoms with Gasteiger partial charge < -0.3 is 4.90 Å². The summed E-state index contributed by atoms with van der Waals surface area (Å²) in [5.41, 5.74) is 4.18. The minimum Gasteiger partial charge on any atom is -0.303 e. The molecule has 0 radical (unpaired) electrons. The molecule has 2 atom stereocenters. The molecule has 0 aromatic heterocycles. The molecule has 0 saturated carbocycles. The van der Waals surface area contributed by atoms with Crippen LogP contribution < -0.4 is 4.90 Å². The van der Waals surface area contributed by atoms with Crippen molar-refractivity contribution in [3.05, 3.63) is 114 Å². The average Bonchev–Trinajstić information content (AvgIpc) is 3.13. The molecule has 0 bridgehead atoms. The smallest absolute Gasteiger partial charge is 0.232 e. The number of nitrogens with zero attached hydrogens (tertiary/aromatic N) is 1. The van der Waals surface area contributed by atoms with E-state index in [4.69, 9.17) is 0 Å². The number of rotatable bonds is 2. The Bertz CT molecular complexity index is 1250. The molecule has 5 rings (SSSR count). The minimum atomic E-state index is -0.485. The van der Waals surface area contributed by atoms with Gasteiger partial charge in [0.1, 0.15) is 0 Å². The van der Waals surface area contributed by atoms with Gasteiger partial charge in [0.15, 0.2) is 0 Å². The summed E-state index contributed by atoms with van der Waals surface area (Å²) in [4.78, 5) is 15.9. The number of anilines is 1. The third-order valence-electron chi connectivity index (χ3n) is 6.29. The number of hydrogen-bond acceptors (Lipinski definition) is 1. The van der Waals surface area contributed by atoms with Crippen molar-refractivity contribution in [2.75, 3.05) is 4.90 Å². The van der Waals surface area contributed by atoms with Crippen molar-refractivity contribution in [1.29, 1.82) is 0 Å². The summed E-state index contributed by atoms with van der Waals surface area (Å²) in [5.74, 6) is 0.228. The van der Waals surface area contributed by atoms with E-state index in [1.165, 1.54) is 27.5 Å². The van der Waals surface area contributed by atoms with Crippen molar-refractivity contribution in [2.45, 2.75) is 32.7 Å². The Labute approximate surface area is 184 Å². The fourth-order valence-corrected chi connectivity index (χ4v) is 4.89. The molecule has 2 nitrogen and oxygen atoms in total. The van der Waals surface area contributed by atoms with Gasteiger partial charge in [0.2, 0.25) is 5.91 Å². The van der Waals surface area contributed by atoms with E-state index < -0.39 is 5.41 Å². The van der Waals surface area contributed by atoms with E-state index in [2.05, 4.69) is 95.9 Å². The van der Waals surface area contributed by atoms with Gasteiger partial charge in [-0.3, -0.25) is 4.79 Å². The number of carbonyl (C=O) groups excluding carboxylic acids is 1. The van der Waals surface area contributed by atoms with Crippen molar-refractivity contribution in [2.24, 2.45) is 5.41 Å². The molecule has 0 spiro atoms. The average molecular weight is 406 g/mol. The van der Waals surface area contributed by atoms with Gasteiger partial charge in [-0.2, -0.15) is 0 Å². The molecule has 2 heteroatoms. The van der Waals surface area contributed by atoms with Crippen LogP contribution in [0.1, 0.15) is 49.4 Å². The van der Waals surface area contributed by atoms with Gasteiger partial charge in [0.25, 0.3) is 0 Å². The van der Waals surface area contributed by atoms with Crippen LogP contribution in [-0.4, -0.2) is 5.91 Å². The van der Waals surface area contributed by atoms with Crippen LogP contribution in [0.2, 0.25) is 0 Å². The van der Waals surface area contributed by atoms with E-state index in [9.17, 15) is 4.79 Å². The summed E-state index contributed by atoms with van der Waals surface area (Å²) >= 11 is 0. The van der Waals surface area contributed by atoms with E-state index in [-0.39, 0.29) is 17.9 Å². The quantitative estimate of drug-likeness (QED) is 0.348. The van der Waals surface area contributed by atoms with Gasteiger partial charge in [-0.05, 0) is 33.5 Å². The van der Waals surface area contributed by atoms with Gasteiger partial charge >= 0.3 is 0 Å². The summed E-state index contributed by atoms with van der Waals surface area (Å²) in [7, 11) is 0. The second-order valence-corrected chi connectivity index (χ2v) is 9.39. The molecule has 0 aliphatic carbocycles. The number of benzene rings is 4. The van der Waals surface area contributed by atoms with Gasteiger partial charge in [-0.1, -0.05) is 112 Å². The maximum Gasteiger partial charge on any atom is 0.232 e. The predicted molar refractivity (Wildman–Crippen MR) is 128 cm³/mol. The zero-order valence-corrected chi connectivity index (χ0v) is 18.2. The zero-order chi connectivity index (χ0) is 21.6. The van der Waals surface area contributed by atoms with Crippen LogP contribution in [-0.2, 0) is 4.79 Å². The summed E-state index contributed by atoms with van der Waals surface area (Å²) in [6.07, 6.45) is 0. The number of amides is 1. The first-order valence-corrected chi connectivity index (χ1v) is 10.9. The first-order valence-electron chi connectivity index (χ1n) is 10.9. The highest BCUT2D eigenvalue weighted by molar-refractivity contribution is 6.01. The first kappa shape index (κ1) is 19.6. The van der Waals surface area contributed by atoms with Crippen molar-refractivity contribution in [1.82, 2.24) is 0 Å². The molecule has 31 heavy (non-hydrogen) atoms. The molecule has 0 fully saturated rings. The van der Waals surface area contributed by atoms with Crippen LogP contribution in [0.25, 0.3) is 10.8 Å². The predicted octanol–water partition coefficient (Wildman–Crippen LogP) is 7.11. The van der Waals surface area contributed by atoms with E-state index in [1.54, 1.807) is 0 Å². The lowest BCUT2D eigenvalue weighted by Gasteiger charge is -2.34. The lowest BCUT2D eigenvalue weighted by molar-refractivity contribution is -0.126. The third-order valence-corrected chi connectivity index (χ3v) is 6.29. The number of hydrogen-bond donors (Lipinski definition) is 0. The third kappa shape index (κ3) is 3.23. The number of fused-ring (bicyclic) bond motifs is 2. The molecule has 0 N–H and O–H groups in total. The Morgan fingerprint density at radius 1 is 0.710 bits per heavy atom. The van der Waals surface area contributed by atoms with Crippen LogP contribution in [0.5, 0.6) is 0 Å². The normalized spacial score (nSPS) is 18.2. The molecule has 1 amide bonds. The lowest BCUT2D eigenvalue weighted by Crippen LogP contribution is -2.41. The fourth-order valence-electron chi connectivity index (χ4n) is 4.89. The van der Waals surface area contributed by atoms with E-state index in [0.717, 1.165) is 5.69 Å². The molecule has 0 saturated heterocycles. The zero-order valence-electron chi connectivity index (χ0n) is 18.2. The first-order chi connectivity index (χ1) is 15.0. The Kier molecular flexibility index (Phi) is 4.66. The SMILES string of the molecule is CC(C)(C)C(=O)N1c2ccccc2[C@@H](c2ccccc2)[C@@H]1c1cccc2ccccc12. The maximum atomic E-state index is 13.9. The second kappa shape index (κ2) is 7.39. The van der Waals surface area contributed by atoms with Gasteiger partial charge in [-0.15, -0.1) is 0 Å². The van der Waals surface area contributed by atoms with E-state index in [0.29, 0.717) is 0 Å².